The van der Waals surface area contributed by atoms with E-state index in [-0.39, 0.29) is 5.41 Å². The van der Waals surface area contributed by atoms with Gasteiger partial charge < -0.3 is 0 Å². The van der Waals surface area contributed by atoms with Gasteiger partial charge in [-0.05, 0) is 18.6 Å². The molecule has 0 atom stereocenters. The molecule has 3 heteroatoms. The monoisotopic (exact) mass is 203 g/mol. The molecular weight excluding hydrogens is 186 g/mol. The van der Waals surface area contributed by atoms with Crippen molar-refractivity contribution in [2.24, 2.45) is 0 Å². The van der Waals surface area contributed by atoms with E-state index in [1.807, 2.05) is 10.7 Å². The summed E-state index contributed by atoms with van der Waals surface area (Å²) in [4.78, 5) is 4.39. The number of aromatic nitrogens is 3. The van der Waals surface area contributed by atoms with Crippen LogP contribution in [0.5, 0.6) is 0 Å². The lowest BCUT2D eigenvalue weighted by atomic mass is 9.96. The van der Waals surface area contributed by atoms with Crippen LogP contribution in [0.1, 0.15) is 39.2 Å². The number of nitrogens with zero attached hydrogens (tertiary/aromatic N) is 3. The second-order valence-electron chi connectivity index (χ2n) is 4.85. The van der Waals surface area contributed by atoms with Crippen molar-refractivity contribution in [2.75, 3.05) is 0 Å². The van der Waals surface area contributed by atoms with Crippen LogP contribution in [0.4, 0.5) is 0 Å². The van der Waals surface area contributed by atoms with Gasteiger partial charge in [0.2, 0.25) is 0 Å². The molecule has 0 fully saturated rings. The molecule has 0 unspecified atom stereocenters. The summed E-state index contributed by atoms with van der Waals surface area (Å²) in [5.74, 6) is 0.890. The van der Waals surface area contributed by atoms with Crippen LogP contribution in [0.15, 0.2) is 18.3 Å². The van der Waals surface area contributed by atoms with Gasteiger partial charge in [-0.1, -0.05) is 27.7 Å². The summed E-state index contributed by atoms with van der Waals surface area (Å²) in [5.41, 5.74) is 2.31. The van der Waals surface area contributed by atoms with Gasteiger partial charge >= 0.3 is 0 Å². The predicted octanol–water partition coefficient (Wildman–Crippen LogP) is 2.59. The number of hydrogen-bond acceptors (Lipinski definition) is 2. The van der Waals surface area contributed by atoms with Crippen LogP contribution >= 0.6 is 0 Å². The molecule has 15 heavy (non-hydrogen) atoms. The first-order valence-corrected chi connectivity index (χ1v) is 5.36. The van der Waals surface area contributed by atoms with Gasteiger partial charge in [0.05, 0.1) is 11.7 Å². The first-order chi connectivity index (χ1) is 7.02. The Kier molecular flexibility index (Phi) is 2.25. The predicted molar refractivity (Wildman–Crippen MR) is 61.1 cm³/mol. The fourth-order valence-corrected chi connectivity index (χ4v) is 1.57. The largest absolute Gasteiger partial charge is 0.237 e. The van der Waals surface area contributed by atoms with E-state index in [1.54, 1.807) is 0 Å². The van der Waals surface area contributed by atoms with Gasteiger partial charge in [0, 0.05) is 11.1 Å². The summed E-state index contributed by atoms with van der Waals surface area (Å²) in [5, 5.41) is 4.58. The van der Waals surface area contributed by atoms with Gasteiger partial charge in [0.15, 0.2) is 5.82 Å². The Labute approximate surface area is 90.1 Å². The third-order valence-electron chi connectivity index (χ3n) is 2.51. The Hall–Kier alpha value is -1.38. The Balaban J connectivity index is 2.63. The summed E-state index contributed by atoms with van der Waals surface area (Å²) < 4.78 is 1.99. The van der Waals surface area contributed by atoms with Crippen molar-refractivity contribution < 1.29 is 0 Å². The summed E-state index contributed by atoms with van der Waals surface area (Å²) in [6.07, 6.45) is 2.89. The summed E-state index contributed by atoms with van der Waals surface area (Å²) in [6, 6.07) is 4.17. The highest BCUT2D eigenvalue weighted by atomic mass is 15.3. The van der Waals surface area contributed by atoms with Crippen molar-refractivity contribution in [3.63, 3.8) is 0 Å². The zero-order valence-corrected chi connectivity index (χ0v) is 9.78. The zero-order valence-electron chi connectivity index (χ0n) is 9.78. The molecule has 0 N–H and O–H groups in total. The lowest BCUT2D eigenvalue weighted by Gasteiger charge is -2.16. The van der Waals surface area contributed by atoms with Crippen LogP contribution in [-0.4, -0.2) is 14.6 Å². The van der Waals surface area contributed by atoms with Crippen molar-refractivity contribution in [3.8, 4) is 0 Å². The van der Waals surface area contributed by atoms with E-state index in [0.717, 1.165) is 17.8 Å². The standard InChI is InChI=1S/C12H17N3/c1-5-9-6-7-10-8-13-11(12(2,3)4)14-15(9)10/h6-8H,5H2,1-4H3. The second kappa shape index (κ2) is 3.33. The first-order valence-electron chi connectivity index (χ1n) is 5.36. The van der Waals surface area contributed by atoms with Crippen molar-refractivity contribution in [1.29, 1.82) is 0 Å². The van der Waals surface area contributed by atoms with E-state index >= 15 is 0 Å². The minimum absolute atomic E-state index is 0.00344. The molecule has 2 aromatic heterocycles. The average Bonchev–Trinajstić information content (AvgIpc) is 2.57. The Morgan fingerprint density at radius 2 is 2.00 bits per heavy atom. The Bertz CT molecular complexity index is 477. The van der Waals surface area contributed by atoms with E-state index < -0.39 is 0 Å². The quantitative estimate of drug-likeness (QED) is 0.713. The van der Waals surface area contributed by atoms with Crippen LogP contribution in [-0.2, 0) is 11.8 Å². The maximum atomic E-state index is 4.58. The van der Waals surface area contributed by atoms with E-state index in [2.05, 4.69) is 49.9 Å². The van der Waals surface area contributed by atoms with Crippen molar-refractivity contribution in [3.05, 3.63) is 29.8 Å². The van der Waals surface area contributed by atoms with E-state index in [1.165, 1.54) is 5.69 Å². The molecule has 0 saturated carbocycles. The maximum Gasteiger partial charge on any atom is 0.154 e. The number of rotatable bonds is 1. The molecule has 80 valence electrons. The van der Waals surface area contributed by atoms with Crippen LogP contribution in [0.2, 0.25) is 0 Å². The first kappa shape index (κ1) is 10.1. The fraction of sp³-hybridized carbons (Fsp3) is 0.500. The Morgan fingerprint density at radius 3 is 2.60 bits per heavy atom. The average molecular weight is 203 g/mol. The molecule has 0 aliphatic rings. The Morgan fingerprint density at radius 1 is 1.27 bits per heavy atom. The van der Waals surface area contributed by atoms with Crippen molar-refractivity contribution in [2.45, 2.75) is 39.5 Å². The van der Waals surface area contributed by atoms with Gasteiger partial charge in [-0.2, -0.15) is 5.10 Å². The van der Waals surface area contributed by atoms with Crippen molar-refractivity contribution >= 4 is 5.52 Å². The number of hydrogen-bond donors (Lipinski definition) is 0. The molecule has 0 aromatic carbocycles. The highest BCUT2D eigenvalue weighted by Crippen LogP contribution is 2.18. The third-order valence-corrected chi connectivity index (χ3v) is 2.51. The smallest absolute Gasteiger partial charge is 0.154 e. The van der Waals surface area contributed by atoms with Crippen LogP contribution in [0, 0.1) is 0 Å². The van der Waals surface area contributed by atoms with Gasteiger partial charge in [0.1, 0.15) is 0 Å². The number of aryl methyl sites for hydroxylation is 1. The highest BCUT2D eigenvalue weighted by molar-refractivity contribution is 5.46. The van der Waals surface area contributed by atoms with Crippen LogP contribution in [0.3, 0.4) is 0 Å². The van der Waals surface area contributed by atoms with Crippen molar-refractivity contribution in [1.82, 2.24) is 14.6 Å². The molecular formula is C12H17N3. The van der Waals surface area contributed by atoms with Gasteiger partial charge in [-0.15, -0.1) is 0 Å². The van der Waals surface area contributed by atoms with E-state index in [4.69, 9.17) is 0 Å². The molecule has 0 aliphatic carbocycles. The van der Waals surface area contributed by atoms with Gasteiger partial charge in [0.25, 0.3) is 0 Å². The zero-order chi connectivity index (χ0) is 11.1. The maximum absolute atomic E-state index is 4.58. The molecule has 0 bridgehead atoms. The van der Waals surface area contributed by atoms with E-state index in [9.17, 15) is 0 Å². The summed E-state index contributed by atoms with van der Waals surface area (Å²) in [7, 11) is 0. The third kappa shape index (κ3) is 1.74. The normalized spacial score (nSPS) is 12.3. The van der Waals surface area contributed by atoms with Gasteiger partial charge in [-0.3, -0.25) is 0 Å². The van der Waals surface area contributed by atoms with Gasteiger partial charge in [-0.25, -0.2) is 9.50 Å². The molecule has 2 heterocycles. The topological polar surface area (TPSA) is 30.2 Å². The molecule has 2 rings (SSSR count). The lowest BCUT2D eigenvalue weighted by molar-refractivity contribution is 0.527. The number of fused-ring (bicyclic) bond motifs is 1. The highest BCUT2D eigenvalue weighted by Gasteiger charge is 2.18. The SMILES string of the molecule is CCc1ccc2cnc(C(C)(C)C)nn12. The molecule has 3 nitrogen and oxygen atoms in total. The fourth-order valence-electron chi connectivity index (χ4n) is 1.57. The minimum Gasteiger partial charge on any atom is -0.237 e. The summed E-state index contributed by atoms with van der Waals surface area (Å²) in [6.45, 7) is 8.52. The molecule has 0 aliphatic heterocycles. The minimum atomic E-state index is 0.00344. The second-order valence-corrected chi connectivity index (χ2v) is 4.85. The molecule has 0 saturated heterocycles. The summed E-state index contributed by atoms with van der Waals surface area (Å²) >= 11 is 0. The van der Waals surface area contributed by atoms with Crippen LogP contribution in [0.25, 0.3) is 5.52 Å². The van der Waals surface area contributed by atoms with E-state index in [0.29, 0.717) is 0 Å². The molecule has 2 aromatic rings. The molecule has 0 radical (unpaired) electrons. The molecule has 0 spiro atoms. The lowest BCUT2D eigenvalue weighted by Crippen LogP contribution is -2.18. The van der Waals surface area contributed by atoms with Crippen LogP contribution < -0.4 is 0 Å². The molecule has 0 amide bonds.